The predicted octanol–water partition coefficient (Wildman–Crippen LogP) is 1.58. The molecule has 3 rings (SSSR count). The van der Waals surface area contributed by atoms with E-state index in [0.29, 0.717) is 0 Å². The number of carbonyl (C=O) groups excluding carboxylic acids is 1. The number of azide groups is 1. The molecule has 1 aliphatic heterocycles. The van der Waals surface area contributed by atoms with Crippen LogP contribution < -0.4 is 20.9 Å². The molecule has 0 radical (unpaired) electrons. The van der Waals surface area contributed by atoms with Crippen molar-refractivity contribution in [2.24, 2.45) is 5.11 Å². The van der Waals surface area contributed by atoms with Gasteiger partial charge in [-0.15, -0.1) is 0 Å². The van der Waals surface area contributed by atoms with Gasteiger partial charge in [-0.1, -0.05) is 23.3 Å². The lowest BCUT2D eigenvalue weighted by atomic mass is 10.1. The molecule has 16 nitrogen and oxygen atoms in total. The van der Waals surface area contributed by atoms with Crippen molar-refractivity contribution in [3.8, 4) is 5.75 Å². The zero-order chi connectivity index (χ0) is 28.8. The Labute approximate surface area is 222 Å². The van der Waals surface area contributed by atoms with Crippen LogP contribution >= 0.6 is 7.75 Å². The van der Waals surface area contributed by atoms with E-state index in [1.54, 1.807) is 32.0 Å². The highest BCUT2D eigenvalue weighted by Gasteiger charge is 2.57. The number of nitrogens with zero attached hydrogens (tertiary/aromatic N) is 4. The average molecular weight is 568 g/mol. The van der Waals surface area contributed by atoms with Crippen LogP contribution in [0, 0.1) is 0 Å². The number of para-hydroxylation sites is 1. The summed E-state index contributed by atoms with van der Waals surface area (Å²) in [4.78, 5) is 41.0. The Morgan fingerprint density at radius 2 is 2.00 bits per heavy atom. The lowest BCUT2D eigenvalue weighted by molar-refractivity contribution is -0.266. The normalized spacial score (nSPS) is 24.9. The highest BCUT2D eigenvalue weighted by molar-refractivity contribution is 7.52. The summed E-state index contributed by atoms with van der Waals surface area (Å²) in [5.41, 5.74) is 7.46. The van der Waals surface area contributed by atoms with Crippen molar-refractivity contribution in [2.75, 3.05) is 13.7 Å². The first-order chi connectivity index (χ1) is 18.4. The van der Waals surface area contributed by atoms with Gasteiger partial charge in [0.05, 0.1) is 6.10 Å². The quantitative estimate of drug-likeness (QED) is 0.110. The van der Waals surface area contributed by atoms with Gasteiger partial charge in [0.25, 0.3) is 5.56 Å². The Kier molecular flexibility index (Phi) is 9.69. The van der Waals surface area contributed by atoms with Crippen molar-refractivity contribution in [2.45, 2.75) is 57.1 Å². The Bertz CT molecular complexity index is 1360. The van der Waals surface area contributed by atoms with Crippen LogP contribution in [-0.2, 0) is 28.1 Å². The number of nitrogens with one attached hydrogen (secondary N) is 2. The van der Waals surface area contributed by atoms with E-state index in [9.17, 15) is 24.1 Å². The number of rotatable bonds is 12. The zero-order valence-corrected chi connectivity index (χ0v) is 22.4. The van der Waals surface area contributed by atoms with Gasteiger partial charge in [-0.3, -0.25) is 23.7 Å². The molecule has 6 atom stereocenters. The minimum absolute atomic E-state index is 0.127. The van der Waals surface area contributed by atoms with Crippen LogP contribution in [0.5, 0.6) is 5.75 Å². The summed E-state index contributed by atoms with van der Waals surface area (Å²) in [7, 11) is -3.28. The van der Waals surface area contributed by atoms with Gasteiger partial charge < -0.3 is 23.8 Å². The molecule has 2 heterocycles. The Morgan fingerprint density at radius 1 is 1.31 bits per heavy atom. The molecule has 1 fully saturated rings. The first kappa shape index (κ1) is 30.1. The van der Waals surface area contributed by atoms with E-state index in [1.165, 1.54) is 19.1 Å². The van der Waals surface area contributed by atoms with Gasteiger partial charge in [-0.05, 0) is 38.4 Å². The number of carbonyl (C=O) groups is 1. The van der Waals surface area contributed by atoms with Crippen LogP contribution in [0.25, 0.3) is 10.4 Å². The van der Waals surface area contributed by atoms with Crippen LogP contribution in [0.3, 0.4) is 0 Å². The molecule has 2 aromatic rings. The van der Waals surface area contributed by atoms with E-state index < -0.39 is 67.9 Å². The number of hydrogen-bond acceptors (Lipinski definition) is 11. The summed E-state index contributed by atoms with van der Waals surface area (Å²) < 4.78 is 42.2. The number of aromatic amines is 1. The fourth-order valence-corrected chi connectivity index (χ4v) is 5.15. The molecule has 17 heteroatoms. The molecule has 212 valence electrons. The summed E-state index contributed by atoms with van der Waals surface area (Å²) >= 11 is 0. The topological polar surface area (TPSA) is 216 Å². The highest BCUT2D eigenvalue weighted by atomic mass is 31.2. The van der Waals surface area contributed by atoms with Crippen LogP contribution in [0.2, 0.25) is 0 Å². The van der Waals surface area contributed by atoms with Crippen molar-refractivity contribution in [1.29, 1.82) is 0 Å². The number of hydrogen-bond donors (Lipinski definition) is 3. The number of aliphatic hydroxyl groups excluding tert-OH is 1. The summed E-state index contributed by atoms with van der Waals surface area (Å²) in [5.74, 6) is -2.75. The van der Waals surface area contributed by atoms with Gasteiger partial charge in [0, 0.05) is 24.3 Å². The van der Waals surface area contributed by atoms with E-state index in [1.807, 2.05) is 4.98 Å². The molecule has 0 saturated carbocycles. The maximum Gasteiger partial charge on any atom is 0.459 e. The predicted molar refractivity (Wildman–Crippen MR) is 135 cm³/mol. The summed E-state index contributed by atoms with van der Waals surface area (Å²) in [6.45, 7) is 3.89. The monoisotopic (exact) mass is 568 g/mol. The summed E-state index contributed by atoms with van der Waals surface area (Å²) in [5, 5.41) is 17.1. The standard InChI is InChI=1S/C22H29N6O10P/c1-13(2)36-20(31)14(3)26-39(33,38-15-8-6-5-7-9-15)35-12-22(34-4)18(30)17(25-27-23)19(37-22)28-11-10-16(29)24-21(28)32/h5-11,13-14,17-19,30H,12H2,1-4H3,(H,26,33)(H,24,29,32)/t14-,17-,18+,19?,22-,39-/m1/s1. The first-order valence-electron chi connectivity index (χ1n) is 11.7. The number of aromatic nitrogens is 2. The van der Waals surface area contributed by atoms with Crippen molar-refractivity contribution in [3.63, 3.8) is 0 Å². The number of aliphatic hydroxyl groups is 1. The van der Waals surface area contributed by atoms with Gasteiger partial charge in [-0.2, -0.15) is 5.09 Å². The molecular weight excluding hydrogens is 539 g/mol. The number of benzene rings is 1. The van der Waals surface area contributed by atoms with Crippen molar-refractivity contribution < 1.29 is 37.7 Å². The second kappa shape index (κ2) is 12.6. The highest BCUT2D eigenvalue weighted by Crippen LogP contribution is 2.48. The van der Waals surface area contributed by atoms with E-state index in [0.717, 1.165) is 23.9 Å². The molecule has 0 spiro atoms. The molecule has 39 heavy (non-hydrogen) atoms. The number of ether oxygens (including phenoxy) is 3. The lowest BCUT2D eigenvalue weighted by Gasteiger charge is -2.32. The molecule has 1 aromatic carbocycles. The lowest BCUT2D eigenvalue weighted by Crippen LogP contribution is -2.48. The summed E-state index contributed by atoms with van der Waals surface area (Å²) in [6, 6.07) is 6.36. The average Bonchev–Trinajstić information content (AvgIpc) is 3.15. The second-order valence-corrected chi connectivity index (χ2v) is 10.4. The van der Waals surface area contributed by atoms with E-state index >= 15 is 0 Å². The van der Waals surface area contributed by atoms with Crippen molar-refractivity contribution >= 4 is 13.7 Å². The molecule has 1 saturated heterocycles. The molecule has 1 unspecified atom stereocenters. The summed E-state index contributed by atoms with van der Waals surface area (Å²) in [6.07, 6.45) is -2.57. The SMILES string of the molecule is CO[C@]1(CO[P@](=O)(N[C@H](C)C(=O)OC(C)C)Oc2ccccc2)OC(n2ccc(=O)[nH]c2=O)[C@H](N=[N+]=[N-])[C@@H]1O. The minimum Gasteiger partial charge on any atom is -0.462 e. The molecule has 3 N–H and O–H groups in total. The minimum atomic E-state index is -4.41. The fourth-order valence-electron chi connectivity index (χ4n) is 3.65. The number of methoxy groups -OCH3 is 1. The van der Waals surface area contributed by atoms with E-state index in [2.05, 4.69) is 15.1 Å². The van der Waals surface area contributed by atoms with E-state index in [4.69, 9.17) is 28.8 Å². The van der Waals surface area contributed by atoms with Gasteiger partial charge in [0.15, 0.2) is 6.23 Å². The molecule has 0 aliphatic carbocycles. The molecule has 1 aliphatic rings. The Balaban J connectivity index is 1.92. The van der Waals surface area contributed by atoms with E-state index in [-0.39, 0.29) is 5.75 Å². The number of esters is 1. The molecule has 1 aromatic heterocycles. The maximum atomic E-state index is 13.8. The van der Waals surface area contributed by atoms with Crippen LogP contribution in [-0.4, -0.2) is 64.4 Å². The maximum absolute atomic E-state index is 13.8. The van der Waals surface area contributed by atoms with Gasteiger partial charge in [-0.25, -0.2) is 9.36 Å². The van der Waals surface area contributed by atoms with Crippen LogP contribution in [0.15, 0.2) is 57.3 Å². The second-order valence-electron chi connectivity index (χ2n) is 8.69. The molecular formula is C22H29N6O10P. The van der Waals surface area contributed by atoms with Crippen molar-refractivity contribution in [1.82, 2.24) is 14.6 Å². The largest absolute Gasteiger partial charge is 0.462 e. The third kappa shape index (κ3) is 7.13. The van der Waals surface area contributed by atoms with Crippen LogP contribution in [0.1, 0.15) is 27.0 Å². The fraction of sp³-hybridized carbons (Fsp3) is 0.500. The number of H-pyrrole nitrogens is 1. The smallest absolute Gasteiger partial charge is 0.459 e. The Hall–Kier alpha value is -3.49. The van der Waals surface area contributed by atoms with Gasteiger partial charge in [0.2, 0.25) is 5.79 Å². The van der Waals surface area contributed by atoms with Gasteiger partial charge >= 0.3 is 19.4 Å². The molecule has 0 bridgehead atoms. The van der Waals surface area contributed by atoms with Crippen LogP contribution in [0.4, 0.5) is 0 Å². The van der Waals surface area contributed by atoms with Crippen molar-refractivity contribution in [3.05, 3.63) is 73.9 Å². The first-order valence-corrected chi connectivity index (χ1v) is 13.2. The Morgan fingerprint density at radius 3 is 2.59 bits per heavy atom. The third-order valence-corrected chi connectivity index (χ3v) is 7.13. The van der Waals surface area contributed by atoms with Gasteiger partial charge in [0.1, 0.15) is 30.5 Å². The zero-order valence-electron chi connectivity index (χ0n) is 21.5. The third-order valence-electron chi connectivity index (χ3n) is 5.50. The molecule has 0 amide bonds.